The minimum atomic E-state index is 0.0870. The summed E-state index contributed by atoms with van der Waals surface area (Å²) in [4.78, 5) is 13.9. The molecule has 0 bridgehead atoms. The molecule has 4 nitrogen and oxygen atoms in total. The molecule has 1 heterocycles. The molecular weight excluding hydrogens is 202 g/mol. The molecule has 1 amide bonds. The van der Waals surface area contributed by atoms with E-state index < -0.39 is 0 Å². The number of nitrogens with zero attached hydrogens (tertiary/aromatic N) is 1. The normalized spacial score (nSPS) is 18.8. The highest BCUT2D eigenvalue weighted by Gasteiger charge is 2.15. The minimum Gasteiger partial charge on any atom is -0.351 e. The van der Waals surface area contributed by atoms with Crippen molar-refractivity contribution >= 4 is 5.91 Å². The van der Waals surface area contributed by atoms with Gasteiger partial charge in [-0.1, -0.05) is 6.92 Å². The number of amides is 1. The second kappa shape index (κ2) is 7.26. The Hall–Kier alpha value is -1.05. The molecule has 1 aliphatic rings. The van der Waals surface area contributed by atoms with Gasteiger partial charge in [0.2, 0.25) is 5.91 Å². The Kier molecular flexibility index (Phi) is 5.91. The van der Waals surface area contributed by atoms with Crippen molar-refractivity contribution < 1.29 is 4.79 Å². The van der Waals surface area contributed by atoms with E-state index in [1.54, 1.807) is 0 Å². The molecule has 1 rings (SSSR count). The van der Waals surface area contributed by atoms with Gasteiger partial charge in [-0.15, -0.1) is 12.3 Å². The first-order valence-electron chi connectivity index (χ1n) is 5.92. The third kappa shape index (κ3) is 4.65. The Morgan fingerprint density at radius 3 is 2.81 bits per heavy atom. The lowest BCUT2D eigenvalue weighted by Crippen LogP contribution is -2.48. The van der Waals surface area contributed by atoms with E-state index in [9.17, 15) is 4.79 Å². The molecule has 0 spiro atoms. The van der Waals surface area contributed by atoms with Crippen LogP contribution < -0.4 is 10.6 Å². The van der Waals surface area contributed by atoms with Crippen LogP contribution in [-0.4, -0.2) is 49.6 Å². The fourth-order valence-electron chi connectivity index (χ4n) is 1.79. The predicted octanol–water partition coefficient (Wildman–Crippen LogP) is -0.190. The van der Waals surface area contributed by atoms with Crippen molar-refractivity contribution in [2.24, 2.45) is 0 Å². The maximum Gasteiger partial charge on any atom is 0.234 e. The molecule has 4 heteroatoms. The second-order valence-electron chi connectivity index (χ2n) is 4.11. The molecule has 0 aromatic heterocycles. The molecule has 1 atom stereocenters. The number of hydrogen-bond acceptors (Lipinski definition) is 3. The van der Waals surface area contributed by atoms with Crippen molar-refractivity contribution in [1.82, 2.24) is 15.5 Å². The van der Waals surface area contributed by atoms with Gasteiger partial charge in [0.1, 0.15) is 0 Å². The number of hydrogen-bond donors (Lipinski definition) is 2. The van der Waals surface area contributed by atoms with Crippen LogP contribution in [0.3, 0.4) is 0 Å². The number of terminal acetylenes is 1. The van der Waals surface area contributed by atoms with Gasteiger partial charge in [-0.25, -0.2) is 0 Å². The fraction of sp³-hybridized carbons (Fsp3) is 0.750. The molecule has 0 aliphatic carbocycles. The Labute approximate surface area is 97.8 Å². The van der Waals surface area contributed by atoms with Crippen molar-refractivity contribution in [2.75, 3.05) is 32.7 Å². The molecular formula is C12H21N3O. The van der Waals surface area contributed by atoms with Gasteiger partial charge < -0.3 is 10.6 Å². The molecule has 1 saturated heterocycles. The standard InChI is InChI=1S/C12H21N3O/c1-3-5-11(4-2)14-12(16)10-15-8-6-13-7-9-15/h1,11,13H,4-10H2,2H3,(H,14,16). The number of carbonyl (C=O) groups excluding carboxylic acids is 1. The van der Waals surface area contributed by atoms with Gasteiger partial charge in [0.25, 0.3) is 0 Å². The number of rotatable bonds is 5. The molecule has 2 N–H and O–H groups in total. The maximum absolute atomic E-state index is 11.7. The summed E-state index contributed by atoms with van der Waals surface area (Å²) in [6, 6.07) is 0.125. The monoisotopic (exact) mass is 223 g/mol. The third-order valence-electron chi connectivity index (χ3n) is 2.80. The van der Waals surface area contributed by atoms with Crippen LogP contribution in [0.5, 0.6) is 0 Å². The zero-order valence-corrected chi connectivity index (χ0v) is 9.96. The van der Waals surface area contributed by atoms with Crippen molar-refractivity contribution in [3.8, 4) is 12.3 Å². The number of piperazine rings is 1. The van der Waals surface area contributed by atoms with Gasteiger partial charge >= 0.3 is 0 Å². The summed E-state index contributed by atoms with van der Waals surface area (Å²) in [6.07, 6.45) is 6.75. The summed E-state index contributed by atoms with van der Waals surface area (Å²) in [7, 11) is 0. The van der Waals surface area contributed by atoms with Gasteiger partial charge in [0.05, 0.1) is 6.54 Å². The quantitative estimate of drug-likeness (QED) is 0.635. The summed E-state index contributed by atoms with van der Waals surface area (Å²) in [5.74, 6) is 2.68. The zero-order valence-electron chi connectivity index (χ0n) is 9.96. The van der Waals surface area contributed by atoms with E-state index in [4.69, 9.17) is 6.42 Å². The van der Waals surface area contributed by atoms with E-state index in [0.717, 1.165) is 32.6 Å². The molecule has 0 saturated carbocycles. The highest BCUT2D eigenvalue weighted by molar-refractivity contribution is 5.78. The SMILES string of the molecule is C#CCC(CC)NC(=O)CN1CCNCC1. The Morgan fingerprint density at radius 1 is 1.56 bits per heavy atom. The average molecular weight is 223 g/mol. The second-order valence-corrected chi connectivity index (χ2v) is 4.11. The van der Waals surface area contributed by atoms with E-state index in [1.165, 1.54) is 0 Å². The molecule has 1 aliphatic heterocycles. The maximum atomic E-state index is 11.7. The summed E-state index contributed by atoms with van der Waals surface area (Å²) in [5.41, 5.74) is 0. The highest BCUT2D eigenvalue weighted by atomic mass is 16.2. The Balaban J connectivity index is 2.25. The largest absolute Gasteiger partial charge is 0.351 e. The van der Waals surface area contributed by atoms with Crippen LogP contribution in [0.2, 0.25) is 0 Å². The van der Waals surface area contributed by atoms with Gasteiger partial charge in [-0.2, -0.15) is 0 Å². The topological polar surface area (TPSA) is 44.4 Å². The molecule has 0 aromatic carbocycles. The number of nitrogens with one attached hydrogen (secondary N) is 2. The lowest BCUT2D eigenvalue weighted by Gasteiger charge is -2.27. The molecule has 1 unspecified atom stereocenters. The summed E-state index contributed by atoms with van der Waals surface area (Å²) in [5, 5.41) is 6.23. The smallest absolute Gasteiger partial charge is 0.234 e. The van der Waals surface area contributed by atoms with E-state index in [1.807, 2.05) is 6.92 Å². The zero-order chi connectivity index (χ0) is 11.8. The van der Waals surface area contributed by atoms with Crippen molar-refractivity contribution in [2.45, 2.75) is 25.8 Å². The molecule has 1 fully saturated rings. The third-order valence-corrected chi connectivity index (χ3v) is 2.80. The van der Waals surface area contributed by atoms with Crippen LogP contribution >= 0.6 is 0 Å². The summed E-state index contributed by atoms with van der Waals surface area (Å²) < 4.78 is 0. The Bertz CT molecular complexity index is 253. The fourth-order valence-corrected chi connectivity index (χ4v) is 1.79. The number of carbonyl (C=O) groups is 1. The van der Waals surface area contributed by atoms with Crippen LogP contribution in [0.1, 0.15) is 19.8 Å². The first kappa shape index (κ1) is 13.0. The van der Waals surface area contributed by atoms with Gasteiger partial charge in [-0.3, -0.25) is 9.69 Å². The first-order chi connectivity index (χ1) is 7.76. The molecule has 16 heavy (non-hydrogen) atoms. The summed E-state index contributed by atoms with van der Waals surface area (Å²) in [6.45, 7) is 6.35. The van der Waals surface area contributed by atoms with E-state index in [-0.39, 0.29) is 11.9 Å². The molecule has 0 aromatic rings. The lowest BCUT2D eigenvalue weighted by molar-refractivity contribution is -0.123. The predicted molar refractivity (Wildman–Crippen MR) is 65.0 cm³/mol. The van der Waals surface area contributed by atoms with Crippen LogP contribution in [-0.2, 0) is 4.79 Å². The van der Waals surface area contributed by atoms with Gasteiger partial charge in [0, 0.05) is 38.6 Å². The minimum absolute atomic E-state index is 0.0870. The molecule has 0 radical (unpaired) electrons. The highest BCUT2D eigenvalue weighted by Crippen LogP contribution is 1.97. The van der Waals surface area contributed by atoms with Crippen LogP contribution in [0.15, 0.2) is 0 Å². The van der Waals surface area contributed by atoms with Crippen LogP contribution in [0.25, 0.3) is 0 Å². The van der Waals surface area contributed by atoms with E-state index >= 15 is 0 Å². The van der Waals surface area contributed by atoms with Crippen molar-refractivity contribution in [3.63, 3.8) is 0 Å². The van der Waals surface area contributed by atoms with Gasteiger partial charge in [-0.05, 0) is 6.42 Å². The van der Waals surface area contributed by atoms with Crippen LogP contribution in [0.4, 0.5) is 0 Å². The molecule has 90 valence electrons. The average Bonchev–Trinajstić information content (AvgIpc) is 2.29. The Morgan fingerprint density at radius 2 is 2.25 bits per heavy atom. The summed E-state index contributed by atoms with van der Waals surface area (Å²) >= 11 is 0. The van der Waals surface area contributed by atoms with E-state index in [0.29, 0.717) is 13.0 Å². The van der Waals surface area contributed by atoms with Crippen molar-refractivity contribution in [3.05, 3.63) is 0 Å². The van der Waals surface area contributed by atoms with E-state index in [2.05, 4.69) is 21.5 Å². The van der Waals surface area contributed by atoms with Crippen molar-refractivity contribution in [1.29, 1.82) is 0 Å². The first-order valence-corrected chi connectivity index (χ1v) is 5.92. The van der Waals surface area contributed by atoms with Crippen LogP contribution in [0, 0.1) is 12.3 Å². The lowest BCUT2D eigenvalue weighted by atomic mass is 10.1. The van der Waals surface area contributed by atoms with Gasteiger partial charge in [0.15, 0.2) is 0 Å².